The van der Waals surface area contributed by atoms with Gasteiger partial charge in [-0.1, -0.05) is 6.07 Å². The van der Waals surface area contributed by atoms with E-state index in [2.05, 4.69) is 25.8 Å². The number of hydrogen-bond acceptors (Lipinski definition) is 5. The molecular weight excluding hydrogens is 250 g/mol. The number of nitrogen functional groups attached to an aromatic ring is 1. The summed E-state index contributed by atoms with van der Waals surface area (Å²) in [5.74, 6) is 0.907. The van der Waals surface area contributed by atoms with Gasteiger partial charge in [-0.3, -0.25) is 9.88 Å². The van der Waals surface area contributed by atoms with Gasteiger partial charge in [0, 0.05) is 45.1 Å². The van der Waals surface area contributed by atoms with Crippen molar-refractivity contribution in [3.05, 3.63) is 48.4 Å². The highest BCUT2D eigenvalue weighted by Crippen LogP contribution is 2.20. The third-order valence-corrected chi connectivity index (χ3v) is 3.60. The topological polar surface area (TPSA) is 58.3 Å². The Balaban J connectivity index is 1.59. The molecule has 1 aliphatic rings. The number of nitrogens with two attached hydrogens (primary N) is 1. The van der Waals surface area contributed by atoms with Gasteiger partial charge >= 0.3 is 0 Å². The maximum atomic E-state index is 5.98. The van der Waals surface area contributed by atoms with E-state index in [4.69, 9.17) is 5.73 Å². The summed E-state index contributed by atoms with van der Waals surface area (Å²) in [5, 5.41) is 0. The Bertz CT molecular complexity index is 549. The van der Waals surface area contributed by atoms with Gasteiger partial charge in [0.2, 0.25) is 0 Å². The summed E-state index contributed by atoms with van der Waals surface area (Å²) in [6.07, 6.45) is 3.64. The fourth-order valence-electron chi connectivity index (χ4n) is 2.51. The Morgan fingerprint density at radius 3 is 2.45 bits per heavy atom. The highest BCUT2D eigenvalue weighted by molar-refractivity contribution is 5.62. The van der Waals surface area contributed by atoms with E-state index in [0.29, 0.717) is 0 Å². The molecule has 0 saturated carbocycles. The van der Waals surface area contributed by atoms with Crippen LogP contribution in [-0.2, 0) is 6.54 Å². The lowest BCUT2D eigenvalue weighted by Crippen LogP contribution is -2.46. The lowest BCUT2D eigenvalue weighted by atomic mass is 10.2. The van der Waals surface area contributed by atoms with Gasteiger partial charge in [0.1, 0.15) is 0 Å². The van der Waals surface area contributed by atoms with E-state index in [1.54, 1.807) is 6.20 Å². The predicted octanol–water partition coefficient (Wildman–Crippen LogP) is 1.38. The van der Waals surface area contributed by atoms with E-state index in [9.17, 15) is 0 Å². The molecule has 20 heavy (non-hydrogen) atoms. The van der Waals surface area contributed by atoms with Crippen molar-refractivity contribution in [3.63, 3.8) is 0 Å². The van der Waals surface area contributed by atoms with Crippen LogP contribution in [0, 0.1) is 0 Å². The lowest BCUT2D eigenvalue weighted by molar-refractivity contribution is 0.246. The van der Waals surface area contributed by atoms with Gasteiger partial charge in [-0.25, -0.2) is 4.98 Å². The third-order valence-electron chi connectivity index (χ3n) is 3.60. The van der Waals surface area contributed by atoms with E-state index < -0.39 is 0 Å². The van der Waals surface area contributed by atoms with Crippen LogP contribution in [0.3, 0.4) is 0 Å². The molecule has 2 N–H and O–H groups in total. The van der Waals surface area contributed by atoms with Gasteiger partial charge in [0.15, 0.2) is 5.82 Å². The van der Waals surface area contributed by atoms with Crippen molar-refractivity contribution in [2.24, 2.45) is 0 Å². The van der Waals surface area contributed by atoms with E-state index >= 15 is 0 Å². The van der Waals surface area contributed by atoms with E-state index in [-0.39, 0.29) is 0 Å². The first kappa shape index (κ1) is 12.9. The average Bonchev–Trinajstić information content (AvgIpc) is 2.50. The quantitative estimate of drug-likeness (QED) is 0.912. The Labute approximate surface area is 119 Å². The number of pyridine rings is 2. The van der Waals surface area contributed by atoms with Gasteiger partial charge < -0.3 is 10.6 Å². The molecule has 1 saturated heterocycles. The SMILES string of the molecule is Nc1cccnc1N1CCN(Cc2ccccn2)CC1. The van der Waals surface area contributed by atoms with Gasteiger partial charge in [-0.15, -0.1) is 0 Å². The standard InChI is InChI=1S/C15H19N5/c16-14-5-3-7-18-15(14)20-10-8-19(9-11-20)12-13-4-1-2-6-17-13/h1-7H,8-12,16H2. The zero-order valence-corrected chi connectivity index (χ0v) is 11.4. The second-order valence-corrected chi connectivity index (χ2v) is 5.00. The van der Waals surface area contributed by atoms with Crippen LogP contribution in [0.4, 0.5) is 11.5 Å². The van der Waals surface area contributed by atoms with E-state index in [0.717, 1.165) is 49.9 Å². The Kier molecular flexibility index (Phi) is 3.78. The highest BCUT2D eigenvalue weighted by atomic mass is 15.3. The Morgan fingerprint density at radius 1 is 0.950 bits per heavy atom. The van der Waals surface area contributed by atoms with Crippen LogP contribution in [0.1, 0.15) is 5.69 Å². The van der Waals surface area contributed by atoms with Crippen molar-refractivity contribution in [1.82, 2.24) is 14.9 Å². The van der Waals surface area contributed by atoms with Gasteiger partial charge in [0.25, 0.3) is 0 Å². The molecule has 0 bridgehead atoms. The molecule has 0 spiro atoms. The summed E-state index contributed by atoms with van der Waals surface area (Å²) < 4.78 is 0. The molecule has 0 unspecified atom stereocenters. The van der Waals surface area contributed by atoms with E-state index in [1.807, 2.05) is 30.5 Å². The number of hydrogen-bond donors (Lipinski definition) is 1. The average molecular weight is 269 g/mol. The van der Waals surface area contributed by atoms with Crippen LogP contribution >= 0.6 is 0 Å². The summed E-state index contributed by atoms with van der Waals surface area (Å²) in [6, 6.07) is 9.83. The first-order valence-corrected chi connectivity index (χ1v) is 6.90. The molecule has 0 aromatic carbocycles. The molecule has 2 aromatic rings. The van der Waals surface area contributed by atoms with E-state index in [1.165, 1.54) is 0 Å². The maximum absolute atomic E-state index is 5.98. The van der Waals surface area contributed by atoms with Crippen molar-refractivity contribution in [2.45, 2.75) is 6.54 Å². The summed E-state index contributed by atoms with van der Waals surface area (Å²) >= 11 is 0. The fraction of sp³-hybridized carbons (Fsp3) is 0.333. The zero-order chi connectivity index (χ0) is 13.8. The van der Waals surface area contributed by atoms with Gasteiger partial charge in [-0.05, 0) is 24.3 Å². The van der Waals surface area contributed by atoms with Crippen LogP contribution < -0.4 is 10.6 Å². The van der Waals surface area contributed by atoms with Crippen LogP contribution in [-0.4, -0.2) is 41.0 Å². The molecule has 5 heteroatoms. The molecule has 3 rings (SSSR count). The Hall–Kier alpha value is -2.14. The lowest BCUT2D eigenvalue weighted by Gasteiger charge is -2.35. The van der Waals surface area contributed by atoms with Gasteiger partial charge in [-0.2, -0.15) is 0 Å². The van der Waals surface area contributed by atoms with Crippen molar-refractivity contribution in [2.75, 3.05) is 36.8 Å². The minimum absolute atomic E-state index is 0.755. The second kappa shape index (κ2) is 5.88. The molecule has 1 fully saturated rings. The summed E-state index contributed by atoms with van der Waals surface area (Å²) in [4.78, 5) is 13.4. The first-order valence-electron chi connectivity index (χ1n) is 6.90. The molecule has 0 atom stereocenters. The molecule has 2 aromatic heterocycles. The third kappa shape index (κ3) is 2.88. The minimum Gasteiger partial charge on any atom is -0.396 e. The monoisotopic (exact) mass is 269 g/mol. The molecule has 104 valence electrons. The molecule has 5 nitrogen and oxygen atoms in total. The predicted molar refractivity (Wildman–Crippen MR) is 80.4 cm³/mol. The molecule has 0 radical (unpaired) electrons. The van der Waals surface area contributed by atoms with Crippen LogP contribution in [0.15, 0.2) is 42.7 Å². The number of anilines is 2. The molecule has 1 aliphatic heterocycles. The van der Waals surface area contributed by atoms with Crippen molar-refractivity contribution in [1.29, 1.82) is 0 Å². The molecule has 3 heterocycles. The number of piperazine rings is 1. The first-order chi connectivity index (χ1) is 9.83. The molecule has 0 aliphatic carbocycles. The fourth-order valence-corrected chi connectivity index (χ4v) is 2.51. The van der Waals surface area contributed by atoms with Gasteiger partial charge in [0.05, 0.1) is 11.4 Å². The Morgan fingerprint density at radius 2 is 1.75 bits per heavy atom. The number of rotatable bonds is 3. The largest absolute Gasteiger partial charge is 0.396 e. The van der Waals surface area contributed by atoms with Crippen molar-refractivity contribution >= 4 is 11.5 Å². The van der Waals surface area contributed by atoms with Crippen molar-refractivity contribution in [3.8, 4) is 0 Å². The van der Waals surface area contributed by atoms with Crippen LogP contribution in [0.2, 0.25) is 0 Å². The smallest absolute Gasteiger partial charge is 0.151 e. The summed E-state index contributed by atoms with van der Waals surface area (Å²) in [7, 11) is 0. The summed E-state index contributed by atoms with van der Waals surface area (Å²) in [6.45, 7) is 4.83. The molecular formula is C15H19N5. The van der Waals surface area contributed by atoms with Crippen LogP contribution in [0.25, 0.3) is 0 Å². The minimum atomic E-state index is 0.755. The second-order valence-electron chi connectivity index (χ2n) is 5.00. The number of aromatic nitrogens is 2. The maximum Gasteiger partial charge on any atom is 0.151 e. The van der Waals surface area contributed by atoms with Crippen LogP contribution in [0.5, 0.6) is 0 Å². The zero-order valence-electron chi connectivity index (χ0n) is 11.4. The van der Waals surface area contributed by atoms with Crippen molar-refractivity contribution < 1.29 is 0 Å². The highest BCUT2D eigenvalue weighted by Gasteiger charge is 2.19. The normalized spacial score (nSPS) is 16.3. The molecule has 0 amide bonds. The number of nitrogens with zero attached hydrogens (tertiary/aromatic N) is 4. The summed E-state index contributed by atoms with van der Waals surface area (Å²) in [5.41, 5.74) is 7.86.